The van der Waals surface area contributed by atoms with Crippen LogP contribution < -0.4 is 0 Å². The van der Waals surface area contributed by atoms with Crippen LogP contribution in [-0.4, -0.2) is 46.1 Å². The predicted molar refractivity (Wildman–Crippen MR) is 111 cm³/mol. The first-order valence-corrected chi connectivity index (χ1v) is 12.0. The summed E-state index contributed by atoms with van der Waals surface area (Å²) in [6.07, 6.45) is 8.09. The minimum Gasteiger partial charge on any atom is -0.360 e. The van der Waals surface area contributed by atoms with Crippen molar-refractivity contribution in [3.63, 3.8) is 0 Å². The molecule has 1 atom stereocenters. The van der Waals surface area contributed by atoms with E-state index in [0.717, 1.165) is 37.7 Å². The first-order valence-electron chi connectivity index (χ1n) is 10.6. The molecular weight excluding hydrogens is 418 g/mol. The van der Waals surface area contributed by atoms with Gasteiger partial charge in [0.2, 0.25) is 10.0 Å². The summed E-state index contributed by atoms with van der Waals surface area (Å²) < 4.78 is 39.2. The van der Waals surface area contributed by atoms with Crippen molar-refractivity contribution in [1.29, 1.82) is 0 Å². The number of nitrogens with zero attached hydrogens (tertiary/aromatic N) is 5. The number of pyridine rings is 1. The van der Waals surface area contributed by atoms with Crippen LogP contribution in [0.15, 0.2) is 38.5 Å². The molecule has 31 heavy (non-hydrogen) atoms. The Hall–Kier alpha value is -2.59. The Morgan fingerprint density at radius 1 is 1.23 bits per heavy atom. The van der Waals surface area contributed by atoms with E-state index in [-0.39, 0.29) is 4.90 Å². The van der Waals surface area contributed by atoms with Gasteiger partial charge in [0.05, 0.1) is 5.56 Å². The summed E-state index contributed by atoms with van der Waals surface area (Å²) >= 11 is 0. The zero-order chi connectivity index (χ0) is 21.6. The Balaban J connectivity index is 1.51. The van der Waals surface area contributed by atoms with Crippen molar-refractivity contribution in [3.8, 4) is 11.5 Å². The van der Waals surface area contributed by atoms with Gasteiger partial charge in [-0.1, -0.05) is 23.2 Å². The molecule has 2 aliphatic rings. The van der Waals surface area contributed by atoms with E-state index in [1.54, 1.807) is 30.5 Å². The van der Waals surface area contributed by atoms with Gasteiger partial charge in [-0.05, 0) is 51.2 Å². The van der Waals surface area contributed by atoms with Gasteiger partial charge in [-0.15, -0.1) is 0 Å². The molecule has 0 unspecified atom stereocenters. The summed E-state index contributed by atoms with van der Waals surface area (Å²) in [6.45, 7) is 4.06. The van der Waals surface area contributed by atoms with Crippen LogP contribution in [0.1, 0.15) is 49.4 Å². The fourth-order valence-corrected chi connectivity index (χ4v) is 6.48. The Labute approximate surface area is 180 Å². The van der Waals surface area contributed by atoms with Gasteiger partial charge in [0, 0.05) is 30.9 Å². The fourth-order valence-electron chi connectivity index (χ4n) is 4.63. The normalized spacial score (nSPS) is 22.6. The van der Waals surface area contributed by atoms with Crippen LogP contribution in [0, 0.1) is 19.8 Å². The summed E-state index contributed by atoms with van der Waals surface area (Å²) in [4.78, 5) is 8.98. The average Bonchev–Trinajstić information content (AvgIpc) is 3.29. The smallest absolute Gasteiger partial charge is 0.259 e. The van der Waals surface area contributed by atoms with E-state index in [0.29, 0.717) is 42.2 Å². The molecule has 9 nitrogen and oxygen atoms in total. The Morgan fingerprint density at radius 3 is 2.74 bits per heavy atom. The number of hydrogen-bond donors (Lipinski definition) is 0. The summed E-state index contributed by atoms with van der Waals surface area (Å²) in [6, 6.07) is 3.69. The van der Waals surface area contributed by atoms with E-state index >= 15 is 0 Å². The molecule has 1 saturated carbocycles. The molecule has 3 aromatic rings. The maximum Gasteiger partial charge on any atom is 0.259 e. The van der Waals surface area contributed by atoms with Crippen molar-refractivity contribution in [3.05, 3.63) is 41.8 Å². The van der Waals surface area contributed by atoms with Gasteiger partial charge in [-0.2, -0.15) is 9.29 Å². The van der Waals surface area contributed by atoms with Gasteiger partial charge in [-0.25, -0.2) is 8.42 Å². The number of hydrogen-bond acceptors (Lipinski definition) is 8. The van der Waals surface area contributed by atoms with Crippen LogP contribution in [0.3, 0.4) is 0 Å². The van der Waals surface area contributed by atoms with Crippen LogP contribution in [-0.2, 0) is 15.4 Å². The van der Waals surface area contributed by atoms with Crippen molar-refractivity contribution < 1.29 is 17.5 Å². The van der Waals surface area contributed by atoms with Crippen molar-refractivity contribution in [2.24, 2.45) is 5.92 Å². The molecule has 0 amide bonds. The Bertz CT molecular complexity index is 1170. The van der Waals surface area contributed by atoms with E-state index in [2.05, 4.69) is 15.3 Å². The molecule has 5 rings (SSSR count). The Kier molecular flexibility index (Phi) is 4.93. The first-order chi connectivity index (χ1) is 14.9. The molecule has 0 radical (unpaired) electrons. The van der Waals surface area contributed by atoms with Crippen LogP contribution in [0.2, 0.25) is 0 Å². The minimum atomic E-state index is -3.74. The lowest BCUT2D eigenvalue weighted by Gasteiger charge is -2.40. The van der Waals surface area contributed by atoms with Crippen LogP contribution in [0.4, 0.5) is 0 Å². The van der Waals surface area contributed by atoms with Crippen molar-refractivity contribution in [2.75, 3.05) is 13.1 Å². The second-order valence-corrected chi connectivity index (χ2v) is 10.6. The van der Waals surface area contributed by atoms with Gasteiger partial charge in [0.15, 0.2) is 11.6 Å². The molecule has 3 aromatic heterocycles. The highest BCUT2D eigenvalue weighted by Gasteiger charge is 2.48. The maximum absolute atomic E-state index is 13.5. The van der Waals surface area contributed by atoms with Gasteiger partial charge >= 0.3 is 0 Å². The van der Waals surface area contributed by atoms with Gasteiger partial charge in [0.1, 0.15) is 10.6 Å². The molecule has 1 saturated heterocycles. The van der Waals surface area contributed by atoms with Gasteiger partial charge < -0.3 is 9.05 Å². The summed E-state index contributed by atoms with van der Waals surface area (Å²) in [5.74, 6) is 1.87. The average molecular weight is 444 g/mol. The zero-order valence-corrected chi connectivity index (χ0v) is 18.4. The molecule has 0 bridgehead atoms. The third kappa shape index (κ3) is 3.67. The topological polar surface area (TPSA) is 115 Å². The minimum absolute atomic E-state index is 0.166. The number of aryl methyl sites for hydroxylation is 2. The van der Waals surface area contributed by atoms with Crippen molar-refractivity contribution in [1.82, 2.24) is 24.6 Å². The monoisotopic (exact) mass is 443 g/mol. The van der Waals surface area contributed by atoms with E-state index in [1.165, 1.54) is 0 Å². The Morgan fingerprint density at radius 2 is 2.06 bits per heavy atom. The molecule has 4 heterocycles. The quantitative estimate of drug-likeness (QED) is 0.570. The van der Waals surface area contributed by atoms with Gasteiger partial charge in [-0.3, -0.25) is 4.98 Å². The fraction of sp³-hybridized carbons (Fsp3) is 0.524. The van der Waals surface area contributed by atoms with E-state index in [1.807, 2.05) is 12.1 Å². The molecule has 2 fully saturated rings. The molecule has 164 valence electrons. The third-order valence-electron chi connectivity index (χ3n) is 6.29. The van der Waals surface area contributed by atoms with Crippen LogP contribution in [0.25, 0.3) is 11.5 Å². The maximum atomic E-state index is 13.5. The number of sulfonamides is 1. The molecule has 1 aliphatic heterocycles. The SMILES string of the molecule is Cc1noc(C)c1S(=O)(=O)N1CCC[C@](CC2CC2)(c2noc(-c3cccnc3)n2)C1. The number of rotatable bonds is 6. The summed E-state index contributed by atoms with van der Waals surface area (Å²) in [5.41, 5.74) is 0.656. The van der Waals surface area contributed by atoms with Crippen LogP contribution in [0.5, 0.6) is 0 Å². The van der Waals surface area contributed by atoms with Gasteiger partial charge in [0.25, 0.3) is 5.89 Å². The lowest BCUT2D eigenvalue weighted by molar-refractivity contribution is 0.190. The molecule has 1 aliphatic carbocycles. The molecule has 10 heteroatoms. The van der Waals surface area contributed by atoms with E-state index in [4.69, 9.17) is 14.0 Å². The van der Waals surface area contributed by atoms with Crippen LogP contribution >= 0.6 is 0 Å². The number of piperidine rings is 1. The molecule has 0 spiro atoms. The highest BCUT2D eigenvalue weighted by Crippen LogP contribution is 2.46. The molecule has 0 aromatic carbocycles. The lowest BCUT2D eigenvalue weighted by Crippen LogP contribution is -2.49. The lowest BCUT2D eigenvalue weighted by atomic mass is 9.75. The second kappa shape index (κ2) is 7.52. The molecular formula is C21H25N5O4S. The zero-order valence-electron chi connectivity index (χ0n) is 17.6. The third-order valence-corrected chi connectivity index (χ3v) is 8.38. The molecule has 0 N–H and O–H groups in total. The predicted octanol–water partition coefficient (Wildman–Crippen LogP) is 3.26. The highest BCUT2D eigenvalue weighted by atomic mass is 32.2. The number of aromatic nitrogens is 4. The van der Waals surface area contributed by atoms with E-state index in [9.17, 15) is 8.42 Å². The standard InChI is InChI=1S/C21H25N5O4S/c1-14-18(15(2)29-24-14)31(27,28)26-10-4-8-21(13-26,11-16-6-7-16)20-23-19(30-25-20)17-5-3-9-22-12-17/h3,5,9,12,16H,4,6-8,10-11,13H2,1-2H3/t21-/m1/s1. The van der Waals surface area contributed by atoms with E-state index < -0.39 is 15.4 Å². The summed E-state index contributed by atoms with van der Waals surface area (Å²) in [5, 5.41) is 8.16. The summed E-state index contributed by atoms with van der Waals surface area (Å²) in [7, 11) is -3.74. The van der Waals surface area contributed by atoms with Crippen molar-refractivity contribution >= 4 is 10.0 Å². The second-order valence-electron chi connectivity index (χ2n) is 8.69. The highest BCUT2D eigenvalue weighted by molar-refractivity contribution is 7.89. The first kappa shape index (κ1) is 20.3. The largest absolute Gasteiger partial charge is 0.360 e. The van der Waals surface area contributed by atoms with Crippen molar-refractivity contribution in [2.45, 2.75) is 56.3 Å².